The molecule has 3 rings (SSSR count). The van der Waals surface area contributed by atoms with Crippen molar-refractivity contribution >= 4 is 12.0 Å². The molecule has 4 heteroatoms. The molecule has 27 heavy (non-hydrogen) atoms. The Morgan fingerprint density at radius 3 is 2.63 bits per heavy atom. The largest absolute Gasteiger partial charge is 0.458 e. The second-order valence-electron chi connectivity index (χ2n) is 6.20. The van der Waals surface area contributed by atoms with E-state index in [0.29, 0.717) is 0 Å². The third-order valence-corrected chi connectivity index (χ3v) is 4.09. The summed E-state index contributed by atoms with van der Waals surface area (Å²) < 4.78 is 5.21. The Kier molecular flexibility index (Phi) is 6.13. The van der Waals surface area contributed by atoms with Crippen LogP contribution in [0.1, 0.15) is 29.7 Å². The molecule has 0 saturated heterocycles. The van der Waals surface area contributed by atoms with Crippen molar-refractivity contribution in [1.82, 2.24) is 4.98 Å². The molecule has 4 nitrogen and oxygen atoms in total. The fourth-order valence-corrected chi connectivity index (χ4v) is 2.57. The predicted octanol–water partition coefficient (Wildman–Crippen LogP) is 4.56. The fourth-order valence-electron chi connectivity index (χ4n) is 2.57. The minimum absolute atomic E-state index is 0.251. The van der Waals surface area contributed by atoms with Gasteiger partial charge in [-0.3, -0.25) is 4.98 Å². The number of ether oxygens (including phenoxy) is 1. The SMILES string of the molecule is C[C@@H](O)c1cccc(-c2ccc(/C=C/C(=O)OCc3ccccc3)cn2)c1. The van der Waals surface area contributed by atoms with Crippen molar-refractivity contribution in [2.24, 2.45) is 0 Å². The molecular weight excluding hydrogens is 338 g/mol. The van der Waals surface area contributed by atoms with E-state index in [2.05, 4.69) is 4.98 Å². The number of nitrogens with zero attached hydrogens (tertiary/aromatic N) is 1. The summed E-state index contributed by atoms with van der Waals surface area (Å²) in [7, 11) is 0. The van der Waals surface area contributed by atoms with Crippen LogP contribution in [-0.4, -0.2) is 16.1 Å². The normalized spacial score (nSPS) is 12.1. The van der Waals surface area contributed by atoms with Gasteiger partial charge in [-0.25, -0.2) is 4.79 Å². The van der Waals surface area contributed by atoms with Gasteiger partial charge >= 0.3 is 5.97 Å². The first-order valence-corrected chi connectivity index (χ1v) is 8.75. The number of pyridine rings is 1. The maximum atomic E-state index is 11.8. The van der Waals surface area contributed by atoms with Crippen LogP contribution >= 0.6 is 0 Å². The van der Waals surface area contributed by atoms with Crippen LogP contribution in [0.2, 0.25) is 0 Å². The number of aliphatic hydroxyl groups is 1. The molecule has 1 N–H and O–H groups in total. The quantitative estimate of drug-likeness (QED) is 0.518. The molecule has 0 aliphatic heterocycles. The summed E-state index contributed by atoms with van der Waals surface area (Å²) in [5.41, 5.74) is 4.35. The molecule has 1 aromatic heterocycles. The molecule has 0 spiro atoms. The highest BCUT2D eigenvalue weighted by Crippen LogP contribution is 2.22. The van der Waals surface area contributed by atoms with Crippen molar-refractivity contribution in [2.45, 2.75) is 19.6 Å². The van der Waals surface area contributed by atoms with E-state index in [9.17, 15) is 9.90 Å². The van der Waals surface area contributed by atoms with Gasteiger partial charge in [-0.2, -0.15) is 0 Å². The highest BCUT2D eigenvalue weighted by atomic mass is 16.5. The highest BCUT2D eigenvalue weighted by molar-refractivity contribution is 5.87. The Labute approximate surface area is 158 Å². The Hall–Kier alpha value is -3.24. The summed E-state index contributed by atoms with van der Waals surface area (Å²) in [6.07, 6.45) is 4.25. The van der Waals surface area contributed by atoms with Gasteiger partial charge < -0.3 is 9.84 Å². The number of carbonyl (C=O) groups excluding carboxylic acids is 1. The zero-order chi connectivity index (χ0) is 19.1. The molecule has 0 bridgehead atoms. The topological polar surface area (TPSA) is 59.4 Å². The Morgan fingerprint density at radius 1 is 1.11 bits per heavy atom. The van der Waals surface area contributed by atoms with Gasteiger partial charge in [-0.15, -0.1) is 0 Å². The molecule has 0 radical (unpaired) electrons. The van der Waals surface area contributed by atoms with Gasteiger partial charge in [-0.05, 0) is 41.8 Å². The van der Waals surface area contributed by atoms with Crippen LogP contribution < -0.4 is 0 Å². The van der Waals surface area contributed by atoms with Crippen molar-refractivity contribution < 1.29 is 14.6 Å². The fraction of sp³-hybridized carbons (Fsp3) is 0.130. The molecule has 136 valence electrons. The number of hydrogen-bond donors (Lipinski definition) is 1. The molecule has 0 fully saturated rings. The zero-order valence-electron chi connectivity index (χ0n) is 15.1. The lowest BCUT2D eigenvalue weighted by Crippen LogP contribution is -2.00. The van der Waals surface area contributed by atoms with E-state index in [1.54, 1.807) is 19.2 Å². The Balaban J connectivity index is 1.61. The number of carbonyl (C=O) groups is 1. The Bertz CT molecular complexity index is 916. The summed E-state index contributed by atoms with van der Waals surface area (Å²) in [6, 6.07) is 21.0. The van der Waals surface area contributed by atoms with E-state index in [0.717, 1.165) is 27.9 Å². The average molecular weight is 359 g/mol. The van der Waals surface area contributed by atoms with Crippen molar-refractivity contribution in [2.75, 3.05) is 0 Å². The highest BCUT2D eigenvalue weighted by Gasteiger charge is 2.04. The second kappa shape index (κ2) is 8.92. The number of esters is 1. The van der Waals surface area contributed by atoms with Crippen LogP contribution in [0.5, 0.6) is 0 Å². The number of benzene rings is 2. The van der Waals surface area contributed by atoms with E-state index in [1.807, 2.05) is 66.7 Å². The van der Waals surface area contributed by atoms with Crippen LogP contribution in [-0.2, 0) is 16.1 Å². The predicted molar refractivity (Wildman–Crippen MR) is 106 cm³/mol. The number of aromatic nitrogens is 1. The standard InChI is InChI=1S/C23H21NO3/c1-17(25)20-8-5-9-21(14-20)22-12-10-18(15-24-22)11-13-23(26)27-16-19-6-3-2-4-7-19/h2-15,17,25H,16H2,1H3/b13-11+/t17-/m1/s1. The summed E-state index contributed by atoms with van der Waals surface area (Å²) in [5.74, 6) is -0.396. The van der Waals surface area contributed by atoms with Crippen LogP contribution in [0.3, 0.4) is 0 Å². The van der Waals surface area contributed by atoms with E-state index in [4.69, 9.17) is 4.74 Å². The third-order valence-electron chi connectivity index (χ3n) is 4.09. The lowest BCUT2D eigenvalue weighted by molar-refractivity contribution is -0.138. The van der Waals surface area contributed by atoms with Crippen molar-refractivity contribution in [3.05, 3.63) is 95.7 Å². The van der Waals surface area contributed by atoms with Crippen LogP contribution in [0, 0.1) is 0 Å². The van der Waals surface area contributed by atoms with Crippen LogP contribution in [0.4, 0.5) is 0 Å². The van der Waals surface area contributed by atoms with Gasteiger partial charge in [0.25, 0.3) is 0 Å². The maximum absolute atomic E-state index is 11.8. The average Bonchev–Trinajstić information content (AvgIpc) is 2.72. The molecule has 0 unspecified atom stereocenters. The summed E-state index contributed by atoms with van der Waals surface area (Å²) in [5, 5.41) is 9.70. The molecule has 1 heterocycles. The van der Waals surface area contributed by atoms with Gasteiger partial charge in [0.15, 0.2) is 0 Å². The summed E-state index contributed by atoms with van der Waals surface area (Å²) >= 11 is 0. The van der Waals surface area contributed by atoms with Crippen molar-refractivity contribution in [3.8, 4) is 11.3 Å². The van der Waals surface area contributed by atoms with Gasteiger partial charge in [0.2, 0.25) is 0 Å². The van der Waals surface area contributed by atoms with Crippen LogP contribution in [0.25, 0.3) is 17.3 Å². The van der Waals surface area contributed by atoms with Gasteiger partial charge in [-0.1, -0.05) is 54.6 Å². The minimum atomic E-state index is -0.519. The summed E-state index contributed by atoms with van der Waals surface area (Å²) in [6.45, 7) is 1.98. The van der Waals surface area contributed by atoms with Gasteiger partial charge in [0.1, 0.15) is 6.61 Å². The second-order valence-corrected chi connectivity index (χ2v) is 6.20. The van der Waals surface area contributed by atoms with Crippen molar-refractivity contribution in [1.29, 1.82) is 0 Å². The van der Waals surface area contributed by atoms with E-state index < -0.39 is 12.1 Å². The van der Waals surface area contributed by atoms with Crippen molar-refractivity contribution in [3.63, 3.8) is 0 Å². The zero-order valence-corrected chi connectivity index (χ0v) is 15.1. The molecule has 0 aliphatic rings. The van der Waals surface area contributed by atoms with Gasteiger partial charge in [0, 0.05) is 17.8 Å². The molecule has 2 aromatic carbocycles. The number of aliphatic hydroxyl groups excluding tert-OH is 1. The van der Waals surface area contributed by atoms with E-state index in [1.165, 1.54) is 6.08 Å². The molecule has 3 aromatic rings. The maximum Gasteiger partial charge on any atom is 0.331 e. The third kappa shape index (κ3) is 5.36. The molecular formula is C23H21NO3. The van der Waals surface area contributed by atoms with E-state index >= 15 is 0 Å². The first-order valence-electron chi connectivity index (χ1n) is 8.75. The molecule has 0 aliphatic carbocycles. The lowest BCUT2D eigenvalue weighted by atomic mass is 10.0. The summed E-state index contributed by atoms with van der Waals surface area (Å²) in [4.78, 5) is 16.3. The van der Waals surface area contributed by atoms with Gasteiger partial charge in [0.05, 0.1) is 11.8 Å². The first-order chi connectivity index (χ1) is 13.1. The minimum Gasteiger partial charge on any atom is -0.458 e. The van der Waals surface area contributed by atoms with Crippen LogP contribution in [0.15, 0.2) is 79.0 Å². The lowest BCUT2D eigenvalue weighted by Gasteiger charge is -2.07. The monoisotopic (exact) mass is 359 g/mol. The molecule has 1 atom stereocenters. The first kappa shape index (κ1) is 18.5. The smallest absolute Gasteiger partial charge is 0.331 e. The number of hydrogen-bond acceptors (Lipinski definition) is 4. The number of rotatable bonds is 6. The molecule has 0 saturated carbocycles. The Morgan fingerprint density at radius 2 is 1.93 bits per heavy atom. The molecule has 0 amide bonds. The van der Waals surface area contributed by atoms with E-state index in [-0.39, 0.29) is 6.61 Å².